The minimum Gasteiger partial charge on any atom is -0.435 e. The molecule has 3 aromatic rings. The fraction of sp³-hybridized carbons (Fsp3) is 0.455. The standard InChI is InChI=1S/C33H43O2P/c1-22-12-16-25(17-13-22)36-34-28-18-14-23(20-26(28)30(2,3)4)32(8,9)33(10,11)24-15-19-29(35-36)27(21-24)31(5,6)7/h12-21H,1-11H3. The van der Waals surface area contributed by atoms with E-state index in [0.29, 0.717) is 0 Å². The van der Waals surface area contributed by atoms with E-state index < -0.39 is 8.38 Å². The summed E-state index contributed by atoms with van der Waals surface area (Å²) < 4.78 is 13.7. The Kier molecular flexibility index (Phi) is 6.62. The lowest BCUT2D eigenvalue weighted by atomic mass is 9.60. The lowest BCUT2D eigenvalue weighted by Gasteiger charge is -2.44. The van der Waals surface area contributed by atoms with Crippen LogP contribution in [0, 0.1) is 6.92 Å². The maximum atomic E-state index is 6.85. The first-order chi connectivity index (χ1) is 16.5. The van der Waals surface area contributed by atoms with Crippen LogP contribution in [-0.2, 0) is 21.7 Å². The Balaban J connectivity index is 2.03. The molecule has 0 saturated heterocycles. The van der Waals surface area contributed by atoms with Crippen molar-refractivity contribution < 1.29 is 9.05 Å². The maximum absolute atomic E-state index is 6.85. The summed E-state index contributed by atoms with van der Waals surface area (Å²) in [6.45, 7) is 25.2. The van der Waals surface area contributed by atoms with Gasteiger partial charge in [-0.25, -0.2) is 0 Å². The van der Waals surface area contributed by atoms with Crippen LogP contribution in [0.25, 0.3) is 0 Å². The summed E-state index contributed by atoms with van der Waals surface area (Å²) in [6, 6.07) is 22.1. The van der Waals surface area contributed by atoms with E-state index in [0.717, 1.165) is 16.8 Å². The van der Waals surface area contributed by atoms with Crippen LogP contribution in [0.4, 0.5) is 0 Å². The number of hydrogen-bond donors (Lipinski definition) is 0. The van der Waals surface area contributed by atoms with Gasteiger partial charge in [-0.1, -0.05) is 111 Å². The molecular formula is C33H43O2P. The molecule has 0 N–H and O–H groups in total. The molecule has 2 nitrogen and oxygen atoms in total. The number of hydrogen-bond acceptors (Lipinski definition) is 2. The molecule has 192 valence electrons. The molecule has 4 aliphatic rings. The van der Waals surface area contributed by atoms with Gasteiger partial charge in [0.15, 0.2) is 0 Å². The molecule has 0 fully saturated rings. The first-order valence-corrected chi connectivity index (χ1v) is 14.2. The molecule has 4 heterocycles. The minimum absolute atomic E-state index is 0.0770. The smallest absolute Gasteiger partial charge is 0.326 e. The predicted octanol–water partition coefficient (Wildman–Crippen LogP) is 9.25. The molecule has 4 aliphatic heterocycles. The van der Waals surface area contributed by atoms with Crippen LogP contribution >= 0.6 is 8.38 Å². The van der Waals surface area contributed by atoms with Crippen LogP contribution in [0.5, 0.6) is 11.5 Å². The quantitative estimate of drug-likeness (QED) is 0.309. The lowest BCUT2D eigenvalue weighted by molar-refractivity contribution is 0.301. The Hall–Kier alpha value is -2.31. The molecule has 0 aliphatic carbocycles. The second-order valence-corrected chi connectivity index (χ2v) is 14.8. The van der Waals surface area contributed by atoms with Gasteiger partial charge in [-0.05, 0) is 64.0 Å². The van der Waals surface area contributed by atoms with Crippen LogP contribution in [-0.4, -0.2) is 0 Å². The van der Waals surface area contributed by atoms with E-state index >= 15 is 0 Å². The Bertz CT molecular complexity index is 1180. The van der Waals surface area contributed by atoms with E-state index in [4.69, 9.17) is 9.05 Å². The van der Waals surface area contributed by atoms with E-state index in [9.17, 15) is 0 Å². The molecule has 36 heavy (non-hydrogen) atoms. The molecule has 7 rings (SSSR count). The summed E-state index contributed by atoms with van der Waals surface area (Å²) in [6.07, 6.45) is 0. The third kappa shape index (κ3) is 4.82. The lowest BCUT2D eigenvalue weighted by Crippen LogP contribution is -2.40. The van der Waals surface area contributed by atoms with Crippen molar-refractivity contribution in [2.24, 2.45) is 0 Å². The van der Waals surface area contributed by atoms with Crippen LogP contribution < -0.4 is 14.4 Å². The Labute approximate surface area is 220 Å². The number of benzene rings is 3. The van der Waals surface area contributed by atoms with Crippen LogP contribution in [0.15, 0.2) is 60.7 Å². The molecule has 4 bridgehead atoms. The Morgan fingerprint density at radius 1 is 0.583 bits per heavy atom. The van der Waals surface area contributed by atoms with Crippen molar-refractivity contribution in [3.63, 3.8) is 0 Å². The molecule has 3 aromatic carbocycles. The van der Waals surface area contributed by atoms with Gasteiger partial charge in [0.25, 0.3) is 0 Å². The summed E-state index contributed by atoms with van der Waals surface area (Å²) in [7, 11) is -1.39. The summed E-state index contributed by atoms with van der Waals surface area (Å²) in [5, 5.41) is 1.07. The van der Waals surface area contributed by atoms with Gasteiger partial charge in [0.1, 0.15) is 11.5 Å². The average molecular weight is 503 g/mol. The first kappa shape index (κ1) is 26.7. The predicted molar refractivity (Wildman–Crippen MR) is 155 cm³/mol. The highest BCUT2D eigenvalue weighted by atomic mass is 31.2. The van der Waals surface area contributed by atoms with Gasteiger partial charge in [0, 0.05) is 11.1 Å². The number of rotatable bonds is 1. The van der Waals surface area contributed by atoms with Gasteiger partial charge >= 0.3 is 8.38 Å². The van der Waals surface area contributed by atoms with Gasteiger partial charge < -0.3 is 9.05 Å². The highest BCUT2D eigenvalue weighted by Crippen LogP contribution is 2.51. The highest BCUT2D eigenvalue weighted by Gasteiger charge is 2.42. The fourth-order valence-electron chi connectivity index (χ4n) is 4.86. The van der Waals surface area contributed by atoms with Gasteiger partial charge in [-0.3, -0.25) is 0 Å². The third-order valence-corrected chi connectivity index (χ3v) is 9.63. The van der Waals surface area contributed by atoms with Crippen LogP contribution in [0.3, 0.4) is 0 Å². The van der Waals surface area contributed by atoms with Crippen molar-refractivity contribution in [3.8, 4) is 11.5 Å². The first-order valence-electron chi connectivity index (χ1n) is 13.0. The van der Waals surface area contributed by atoms with Crippen molar-refractivity contribution >= 4 is 13.7 Å². The SMILES string of the molecule is Cc1ccc(P2Oc3ccc(cc3C(C)(C)C)C(C)(C)C(C)(C)c3ccc(c(C(C)(C)C)c3)O2)cc1. The summed E-state index contributed by atoms with van der Waals surface area (Å²) in [5.74, 6) is 1.80. The van der Waals surface area contributed by atoms with Crippen molar-refractivity contribution in [2.45, 2.75) is 97.8 Å². The van der Waals surface area contributed by atoms with Crippen molar-refractivity contribution in [3.05, 3.63) is 88.5 Å². The molecule has 0 saturated carbocycles. The molecule has 0 aromatic heterocycles. The summed E-state index contributed by atoms with van der Waals surface area (Å²) in [4.78, 5) is 0. The average Bonchev–Trinajstić information content (AvgIpc) is 2.78. The van der Waals surface area contributed by atoms with Gasteiger partial charge in [0.05, 0.1) is 5.30 Å². The van der Waals surface area contributed by atoms with E-state index in [1.54, 1.807) is 0 Å². The molecule has 0 atom stereocenters. The molecule has 0 radical (unpaired) electrons. The van der Waals surface area contributed by atoms with Gasteiger partial charge in [-0.2, -0.15) is 0 Å². The van der Waals surface area contributed by atoms with Crippen LogP contribution in [0.2, 0.25) is 0 Å². The number of aryl methyl sites for hydroxylation is 1. The molecule has 0 unspecified atom stereocenters. The van der Waals surface area contributed by atoms with E-state index in [2.05, 4.69) is 137 Å². The monoisotopic (exact) mass is 502 g/mol. The molecular weight excluding hydrogens is 459 g/mol. The van der Waals surface area contributed by atoms with E-state index in [-0.39, 0.29) is 21.7 Å². The summed E-state index contributed by atoms with van der Waals surface area (Å²) in [5.41, 5.74) is 5.92. The maximum Gasteiger partial charge on any atom is 0.326 e. The minimum atomic E-state index is -1.39. The second-order valence-electron chi connectivity index (χ2n) is 13.4. The Morgan fingerprint density at radius 3 is 1.33 bits per heavy atom. The van der Waals surface area contributed by atoms with Crippen LogP contribution in [0.1, 0.15) is 97.1 Å². The second kappa shape index (κ2) is 8.91. The largest absolute Gasteiger partial charge is 0.435 e. The molecule has 0 amide bonds. The zero-order chi connectivity index (χ0) is 26.7. The van der Waals surface area contributed by atoms with Gasteiger partial charge in [0.2, 0.25) is 0 Å². The van der Waals surface area contributed by atoms with Crippen molar-refractivity contribution in [1.82, 2.24) is 0 Å². The van der Waals surface area contributed by atoms with Crippen molar-refractivity contribution in [1.29, 1.82) is 0 Å². The van der Waals surface area contributed by atoms with E-state index in [1.807, 2.05) is 0 Å². The zero-order valence-electron chi connectivity index (χ0n) is 24.0. The zero-order valence-corrected chi connectivity index (χ0v) is 24.9. The fourth-order valence-corrected chi connectivity index (χ4v) is 6.18. The third-order valence-electron chi connectivity index (χ3n) is 8.19. The summed E-state index contributed by atoms with van der Waals surface area (Å²) >= 11 is 0. The normalized spacial score (nSPS) is 17.5. The Morgan fingerprint density at radius 2 is 0.972 bits per heavy atom. The molecule has 0 spiro atoms. The highest BCUT2D eigenvalue weighted by molar-refractivity contribution is 7.56. The topological polar surface area (TPSA) is 18.5 Å². The molecule has 3 heteroatoms. The van der Waals surface area contributed by atoms with E-state index in [1.165, 1.54) is 27.8 Å². The van der Waals surface area contributed by atoms with Gasteiger partial charge in [-0.15, -0.1) is 0 Å². The van der Waals surface area contributed by atoms with Crippen molar-refractivity contribution in [2.75, 3.05) is 0 Å².